The molecule has 6 rings (SSSR count). The van der Waals surface area contributed by atoms with Crippen LogP contribution in [0.5, 0.6) is 0 Å². The zero-order valence-corrected chi connectivity index (χ0v) is 19.8. The second kappa shape index (κ2) is 7.01. The van der Waals surface area contributed by atoms with Gasteiger partial charge in [0, 0.05) is 5.41 Å². The van der Waals surface area contributed by atoms with Gasteiger partial charge in [0.2, 0.25) is 0 Å². The summed E-state index contributed by atoms with van der Waals surface area (Å²) in [5.74, 6) is 0. The number of fused-ring (bicyclic) bond motifs is 5. The molecular weight excluding hydrogens is 431 g/mol. The fraction of sp³-hybridized carbons (Fsp3) is 0.286. The highest BCUT2D eigenvalue weighted by Gasteiger charge is 2.73. The van der Waals surface area contributed by atoms with E-state index in [9.17, 15) is 4.57 Å². The summed E-state index contributed by atoms with van der Waals surface area (Å²) in [5.41, 5.74) is 1.80. The molecule has 168 valence electrons. The van der Waals surface area contributed by atoms with Crippen LogP contribution in [-0.2, 0) is 29.6 Å². The molecule has 3 aliphatic rings. The molecule has 33 heavy (non-hydrogen) atoms. The zero-order valence-electron chi connectivity index (χ0n) is 18.9. The summed E-state index contributed by atoms with van der Waals surface area (Å²) >= 11 is 0. The van der Waals surface area contributed by atoms with Gasteiger partial charge in [-0.15, -0.1) is 0 Å². The van der Waals surface area contributed by atoms with Gasteiger partial charge in [0.05, 0.1) is 13.2 Å². The van der Waals surface area contributed by atoms with Gasteiger partial charge in [0.25, 0.3) is 0 Å². The highest BCUT2D eigenvalue weighted by Crippen LogP contribution is 2.76. The number of ether oxygens (including phenoxy) is 1. The van der Waals surface area contributed by atoms with Gasteiger partial charge in [-0.2, -0.15) is 0 Å². The van der Waals surface area contributed by atoms with Gasteiger partial charge in [-0.3, -0.25) is 4.57 Å². The molecule has 0 aromatic heterocycles. The molecule has 2 bridgehead atoms. The van der Waals surface area contributed by atoms with Gasteiger partial charge < -0.3 is 13.8 Å². The van der Waals surface area contributed by atoms with Crippen LogP contribution in [0.1, 0.15) is 36.1 Å². The molecule has 3 aromatic rings. The van der Waals surface area contributed by atoms with Crippen LogP contribution in [0.25, 0.3) is 0 Å². The third kappa shape index (κ3) is 2.73. The smallest absolute Gasteiger partial charge is 0.341 e. The lowest BCUT2D eigenvalue weighted by Gasteiger charge is -2.43. The molecule has 2 saturated heterocycles. The highest BCUT2D eigenvalue weighted by atomic mass is 31.2. The molecule has 0 spiro atoms. The first-order valence-electron chi connectivity index (χ1n) is 11.3. The lowest BCUT2D eigenvalue weighted by Crippen LogP contribution is -2.42. The Balaban J connectivity index is 1.65. The molecule has 0 saturated carbocycles. The van der Waals surface area contributed by atoms with Crippen molar-refractivity contribution in [2.45, 2.75) is 30.7 Å². The number of hydrogen-bond acceptors (Lipinski definition) is 4. The minimum absolute atomic E-state index is 0.206. The van der Waals surface area contributed by atoms with Crippen LogP contribution in [0.3, 0.4) is 0 Å². The molecule has 3 heterocycles. The Kier molecular flexibility index (Phi) is 4.47. The Hall–Kier alpha value is -2.49. The molecule has 5 heteroatoms. The summed E-state index contributed by atoms with van der Waals surface area (Å²) in [5, 5.41) is 0. The third-order valence-corrected chi connectivity index (χ3v) is 9.44. The first-order chi connectivity index (χ1) is 15.8. The van der Waals surface area contributed by atoms with Crippen molar-refractivity contribution >= 4 is 7.60 Å². The fourth-order valence-electron chi connectivity index (χ4n) is 5.65. The fourth-order valence-corrected chi connectivity index (χ4v) is 8.43. The van der Waals surface area contributed by atoms with Crippen molar-refractivity contribution in [3.63, 3.8) is 0 Å². The predicted octanol–water partition coefficient (Wildman–Crippen LogP) is 6.41. The Morgan fingerprint density at radius 1 is 0.788 bits per heavy atom. The quantitative estimate of drug-likeness (QED) is 0.336. The Morgan fingerprint density at radius 3 is 1.91 bits per heavy atom. The molecular formula is C28H27O4P. The first-order valence-corrected chi connectivity index (χ1v) is 12.9. The van der Waals surface area contributed by atoms with Gasteiger partial charge in [-0.25, -0.2) is 0 Å². The first kappa shape index (κ1) is 21.1. The molecule has 0 aliphatic carbocycles. The zero-order chi connectivity index (χ0) is 22.9. The van der Waals surface area contributed by atoms with Crippen molar-refractivity contribution in [2.75, 3.05) is 13.2 Å². The molecule has 2 fully saturated rings. The average molecular weight is 458 g/mol. The second-order valence-corrected chi connectivity index (χ2v) is 12.1. The van der Waals surface area contributed by atoms with Crippen LogP contribution in [0.2, 0.25) is 0 Å². The summed E-state index contributed by atoms with van der Waals surface area (Å²) < 4.78 is 33.9. The minimum Gasteiger partial charge on any atom is -0.344 e. The maximum Gasteiger partial charge on any atom is 0.341 e. The highest BCUT2D eigenvalue weighted by molar-refractivity contribution is 7.55. The number of benzene rings is 3. The summed E-state index contributed by atoms with van der Waals surface area (Å²) in [6.07, 6.45) is 0. The van der Waals surface area contributed by atoms with Gasteiger partial charge in [0.15, 0.2) is 0 Å². The number of hydrogen-bond donors (Lipinski definition) is 0. The van der Waals surface area contributed by atoms with Crippen LogP contribution < -0.4 is 0 Å². The van der Waals surface area contributed by atoms with E-state index >= 15 is 0 Å². The van der Waals surface area contributed by atoms with E-state index in [1.807, 2.05) is 72.8 Å². The van der Waals surface area contributed by atoms with Crippen LogP contribution in [-0.4, -0.2) is 18.9 Å². The summed E-state index contributed by atoms with van der Waals surface area (Å²) in [6.45, 7) is 9.36. The molecule has 3 atom stereocenters. The van der Waals surface area contributed by atoms with Gasteiger partial charge >= 0.3 is 7.60 Å². The molecule has 0 radical (unpaired) electrons. The Labute approximate surface area is 194 Å². The van der Waals surface area contributed by atoms with E-state index in [4.69, 9.17) is 13.8 Å². The van der Waals surface area contributed by atoms with Gasteiger partial charge in [-0.05, 0) is 27.8 Å². The monoisotopic (exact) mass is 458 g/mol. The molecule has 0 amide bonds. The van der Waals surface area contributed by atoms with E-state index < -0.39 is 24.5 Å². The van der Waals surface area contributed by atoms with Crippen molar-refractivity contribution in [1.29, 1.82) is 0 Å². The van der Waals surface area contributed by atoms with Crippen LogP contribution in [0.15, 0.2) is 97.1 Å². The van der Waals surface area contributed by atoms with E-state index in [0.29, 0.717) is 13.2 Å². The molecule has 4 nitrogen and oxygen atoms in total. The van der Waals surface area contributed by atoms with Crippen molar-refractivity contribution in [3.05, 3.63) is 119 Å². The maximum atomic E-state index is 14.5. The molecule has 0 unspecified atom stereocenters. The van der Waals surface area contributed by atoms with Crippen molar-refractivity contribution in [3.8, 4) is 0 Å². The van der Waals surface area contributed by atoms with Crippen LogP contribution in [0, 0.1) is 5.41 Å². The average Bonchev–Trinajstić information content (AvgIpc) is 3.31. The second-order valence-electron chi connectivity index (χ2n) is 9.98. The standard InChI is InChI=1S/C28H27O4P/c1-20-25(33(29)30-18-26(2,3)19-31-33)28(22-14-8-5-9-15-22)24-17-11-10-16-23(24)27(20,32-28)21-12-6-4-7-13-21/h4-17,25H,1,18-19H2,2-3H3/t25-,27+,28-/m1/s1. The van der Waals surface area contributed by atoms with E-state index in [2.05, 4.69) is 32.6 Å². The summed E-state index contributed by atoms with van der Waals surface area (Å²) in [7, 11) is -3.61. The van der Waals surface area contributed by atoms with E-state index in [1.165, 1.54) is 0 Å². The summed E-state index contributed by atoms with van der Waals surface area (Å²) in [4.78, 5) is 0. The van der Waals surface area contributed by atoms with Crippen molar-refractivity contribution < 1.29 is 18.3 Å². The Morgan fingerprint density at radius 2 is 1.30 bits per heavy atom. The van der Waals surface area contributed by atoms with Gasteiger partial charge in [-0.1, -0.05) is 105 Å². The lowest BCUT2D eigenvalue weighted by atomic mass is 9.69. The lowest BCUT2D eigenvalue weighted by molar-refractivity contribution is -0.0373. The van der Waals surface area contributed by atoms with Crippen LogP contribution >= 0.6 is 7.60 Å². The Bertz CT molecular complexity index is 1270. The number of rotatable bonds is 3. The normalized spacial score (nSPS) is 31.3. The molecule has 3 aromatic carbocycles. The van der Waals surface area contributed by atoms with Crippen molar-refractivity contribution in [2.24, 2.45) is 5.41 Å². The van der Waals surface area contributed by atoms with Crippen LogP contribution in [0.4, 0.5) is 0 Å². The molecule has 0 N–H and O–H groups in total. The minimum atomic E-state index is -3.61. The third-order valence-electron chi connectivity index (χ3n) is 7.16. The summed E-state index contributed by atoms with van der Waals surface area (Å²) in [6, 6.07) is 28.3. The SMILES string of the molecule is C=C1[C@@H](P2(=O)OCC(C)(C)CO2)[C@]2(c3ccccc3)O[C@@]1(c1ccccc1)c1ccccc12. The predicted molar refractivity (Wildman–Crippen MR) is 128 cm³/mol. The largest absolute Gasteiger partial charge is 0.344 e. The van der Waals surface area contributed by atoms with E-state index in [-0.39, 0.29) is 5.41 Å². The van der Waals surface area contributed by atoms with E-state index in [0.717, 1.165) is 27.8 Å². The van der Waals surface area contributed by atoms with Gasteiger partial charge in [0.1, 0.15) is 16.9 Å². The van der Waals surface area contributed by atoms with Crippen molar-refractivity contribution in [1.82, 2.24) is 0 Å². The topological polar surface area (TPSA) is 44.8 Å². The molecule has 3 aliphatic heterocycles. The maximum absolute atomic E-state index is 14.5. The van der Waals surface area contributed by atoms with E-state index in [1.54, 1.807) is 0 Å².